The maximum atomic E-state index is 12.7. The molecule has 3 aromatic heterocycles. The first-order valence-electron chi connectivity index (χ1n) is 10.2. The van der Waals surface area contributed by atoms with Crippen molar-refractivity contribution in [2.24, 2.45) is 0 Å². The summed E-state index contributed by atoms with van der Waals surface area (Å²) in [5.41, 5.74) is 3.70. The smallest absolute Gasteiger partial charge is 0.267 e. The number of benzene rings is 1. The van der Waals surface area contributed by atoms with Gasteiger partial charge in [-0.1, -0.05) is 5.16 Å². The molecule has 0 aliphatic carbocycles. The minimum atomic E-state index is -3.83. The fraction of sp³-hybridized carbons (Fsp3) is 0.273. The summed E-state index contributed by atoms with van der Waals surface area (Å²) in [6.07, 6.45) is 0. The zero-order chi connectivity index (χ0) is 23.9. The highest BCUT2D eigenvalue weighted by atomic mass is 32.2. The Morgan fingerprint density at radius 3 is 2.24 bits per heavy atom. The first-order valence-corrected chi connectivity index (χ1v) is 11.7. The van der Waals surface area contributed by atoms with Gasteiger partial charge >= 0.3 is 0 Å². The molecule has 10 nitrogen and oxygen atoms in total. The van der Waals surface area contributed by atoms with Gasteiger partial charge in [-0.25, -0.2) is 18.1 Å². The molecular formula is C22H24N6O4S. The molecule has 0 radical (unpaired) electrons. The molecule has 4 aromatic rings. The number of hydrogen-bond acceptors (Lipinski definition) is 8. The Hall–Kier alpha value is -3.73. The first kappa shape index (κ1) is 22.5. The van der Waals surface area contributed by atoms with Crippen LogP contribution in [0.5, 0.6) is 11.6 Å². The average molecular weight is 469 g/mol. The minimum Gasteiger partial charge on any atom is -0.439 e. The van der Waals surface area contributed by atoms with Crippen molar-refractivity contribution in [2.75, 3.05) is 4.72 Å². The van der Waals surface area contributed by atoms with E-state index < -0.39 is 10.0 Å². The number of anilines is 1. The van der Waals surface area contributed by atoms with Gasteiger partial charge in [0.1, 0.15) is 17.3 Å². The van der Waals surface area contributed by atoms with Crippen molar-refractivity contribution in [1.29, 1.82) is 0 Å². The van der Waals surface area contributed by atoms with E-state index in [1.54, 1.807) is 55.8 Å². The van der Waals surface area contributed by atoms with Crippen LogP contribution in [0.3, 0.4) is 0 Å². The molecule has 33 heavy (non-hydrogen) atoms. The van der Waals surface area contributed by atoms with Crippen molar-refractivity contribution in [3.63, 3.8) is 0 Å². The van der Waals surface area contributed by atoms with Crippen molar-refractivity contribution in [3.05, 3.63) is 64.6 Å². The molecule has 0 atom stereocenters. The van der Waals surface area contributed by atoms with Crippen LogP contribution in [-0.4, -0.2) is 33.3 Å². The summed E-state index contributed by atoms with van der Waals surface area (Å²) in [5, 5.41) is 8.24. The van der Waals surface area contributed by atoms with Crippen LogP contribution in [0.2, 0.25) is 0 Å². The third-order valence-electron chi connectivity index (χ3n) is 5.24. The summed E-state index contributed by atoms with van der Waals surface area (Å²) in [6.45, 7) is 10.9. The van der Waals surface area contributed by atoms with Crippen LogP contribution in [0.25, 0.3) is 5.82 Å². The van der Waals surface area contributed by atoms with Crippen molar-refractivity contribution < 1.29 is 17.7 Å². The third kappa shape index (κ3) is 4.44. The second kappa shape index (κ2) is 8.32. The van der Waals surface area contributed by atoms with Gasteiger partial charge in [0.05, 0.1) is 5.69 Å². The van der Waals surface area contributed by atoms with Gasteiger partial charge in [0.15, 0.2) is 16.5 Å². The molecule has 0 fully saturated rings. The van der Waals surface area contributed by atoms with Crippen molar-refractivity contribution in [1.82, 2.24) is 24.9 Å². The Bertz CT molecular complexity index is 1420. The molecule has 0 saturated carbocycles. The topological polar surface area (TPSA) is 125 Å². The van der Waals surface area contributed by atoms with Gasteiger partial charge in [0.2, 0.25) is 5.88 Å². The normalized spacial score (nSPS) is 11.6. The molecule has 0 saturated heterocycles. The number of hydrogen-bond donors (Lipinski definition) is 1. The van der Waals surface area contributed by atoms with Crippen LogP contribution in [0.1, 0.15) is 34.2 Å². The third-order valence-corrected chi connectivity index (χ3v) is 6.86. The van der Waals surface area contributed by atoms with E-state index in [0.29, 0.717) is 34.7 Å². The summed E-state index contributed by atoms with van der Waals surface area (Å²) < 4.78 is 40.5. The average Bonchev–Trinajstić information content (AvgIpc) is 3.22. The molecule has 0 spiro atoms. The molecule has 0 unspecified atom stereocenters. The molecule has 0 aliphatic rings. The molecule has 0 amide bonds. The van der Waals surface area contributed by atoms with Gasteiger partial charge in [-0.2, -0.15) is 10.1 Å². The quantitative estimate of drug-likeness (QED) is 0.448. The van der Waals surface area contributed by atoms with Gasteiger partial charge in [-0.3, -0.25) is 4.72 Å². The van der Waals surface area contributed by atoms with E-state index in [1.807, 2.05) is 20.8 Å². The lowest BCUT2D eigenvalue weighted by atomic mass is 10.2. The molecule has 3 heterocycles. The number of sulfonamides is 1. The highest BCUT2D eigenvalue weighted by Gasteiger charge is 2.24. The SMILES string of the molecule is Cc1nc(Oc2ccc(NS(=O)(=O)c3c(C)noc3C)cc2)cc(-n2nc(C)c(C)c2C)n1. The number of nitrogens with zero attached hydrogens (tertiary/aromatic N) is 5. The van der Waals surface area contributed by atoms with E-state index in [4.69, 9.17) is 9.26 Å². The zero-order valence-electron chi connectivity index (χ0n) is 19.2. The van der Waals surface area contributed by atoms with Crippen LogP contribution < -0.4 is 9.46 Å². The minimum absolute atomic E-state index is 0.0335. The van der Waals surface area contributed by atoms with E-state index in [9.17, 15) is 8.42 Å². The lowest BCUT2D eigenvalue weighted by Crippen LogP contribution is -2.14. The fourth-order valence-electron chi connectivity index (χ4n) is 3.41. The van der Waals surface area contributed by atoms with Gasteiger partial charge in [-0.05, 0) is 71.4 Å². The van der Waals surface area contributed by atoms with E-state index in [-0.39, 0.29) is 10.7 Å². The summed E-state index contributed by atoms with van der Waals surface area (Å²) in [5.74, 6) is 2.22. The first-order chi connectivity index (χ1) is 15.5. The highest BCUT2D eigenvalue weighted by molar-refractivity contribution is 7.92. The molecule has 0 aliphatic heterocycles. The van der Waals surface area contributed by atoms with Crippen LogP contribution in [-0.2, 0) is 10.0 Å². The van der Waals surface area contributed by atoms with E-state index in [1.165, 1.54) is 0 Å². The van der Waals surface area contributed by atoms with Crippen LogP contribution in [0.15, 0.2) is 39.8 Å². The standard InChI is InChI=1S/C22H24N6O4S/c1-12-13(2)25-28(15(12)4)20-11-21(24-17(6)23-20)31-19-9-7-18(8-10-19)27-33(29,30)22-14(3)26-32-16(22)5/h7-11,27H,1-6H3. The Labute approximate surface area is 191 Å². The highest BCUT2D eigenvalue weighted by Crippen LogP contribution is 2.26. The summed E-state index contributed by atoms with van der Waals surface area (Å²) in [6, 6.07) is 8.21. The Kier molecular flexibility index (Phi) is 5.66. The summed E-state index contributed by atoms with van der Waals surface area (Å²) >= 11 is 0. The van der Waals surface area contributed by atoms with Crippen molar-refractivity contribution >= 4 is 15.7 Å². The molecule has 4 rings (SSSR count). The molecule has 11 heteroatoms. The molecule has 172 valence electrons. The Balaban J connectivity index is 1.55. The van der Waals surface area contributed by atoms with E-state index >= 15 is 0 Å². The van der Waals surface area contributed by atoms with Crippen molar-refractivity contribution in [2.45, 2.75) is 46.4 Å². The Morgan fingerprint density at radius 1 is 0.970 bits per heavy atom. The van der Waals surface area contributed by atoms with Gasteiger partial charge in [0, 0.05) is 17.4 Å². The fourth-order valence-corrected chi connectivity index (χ4v) is 4.80. The maximum absolute atomic E-state index is 12.7. The molecule has 0 bridgehead atoms. The van der Waals surface area contributed by atoms with E-state index in [2.05, 4.69) is 24.9 Å². The number of rotatable bonds is 6. The number of aromatic nitrogens is 5. The molecular weight excluding hydrogens is 444 g/mol. The van der Waals surface area contributed by atoms with Crippen LogP contribution in [0, 0.1) is 41.5 Å². The summed E-state index contributed by atoms with van der Waals surface area (Å²) in [7, 11) is -3.83. The zero-order valence-corrected chi connectivity index (χ0v) is 20.0. The largest absolute Gasteiger partial charge is 0.439 e. The number of nitrogens with one attached hydrogen (secondary N) is 1. The lowest BCUT2D eigenvalue weighted by molar-refractivity contribution is 0.390. The Morgan fingerprint density at radius 2 is 1.67 bits per heavy atom. The predicted molar refractivity (Wildman–Crippen MR) is 121 cm³/mol. The number of ether oxygens (including phenoxy) is 1. The monoisotopic (exact) mass is 468 g/mol. The van der Waals surface area contributed by atoms with Crippen LogP contribution >= 0.6 is 0 Å². The summed E-state index contributed by atoms with van der Waals surface area (Å²) in [4.78, 5) is 8.85. The second-order valence-electron chi connectivity index (χ2n) is 7.70. The van der Waals surface area contributed by atoms with E-state index in [0.717, 1.165) is 17.0 Å². The maximum Gasteiger partial charge on any atom is 0.267 e. The van der Waals surface area contributed by atoms with Gasteiger partial charge < -0.3 is 9.26 Å². The molecule has 1 aromatic carbocycles. The second-order valence-corrected chi connectivity index (χ2v) is 9.32. The van der Waals surface area contributed by atoms with Gasteiger partial charge in [0.25, 0.3) is 10.0 Å². The number of aryl methyl sites for hydroxylation is 4. The molecule has 1 N–H and O–H groups in total. The predicted octanol–water partition coefficient (Wildman–Crippen LogP) is 4.09. The lowest BCUT2D eigenvalue weighted by Gasteiger charge is -2.11. The van der Waals surface area contributed by atoms with Gasteiger partial charge in [-0.15, -0.1) is 0 Å². The van der Waals surface area contributed by atoms with Crippen molar-refractivity contribution in [3.8, 4) is 17.4 Å². The van der Waals surface area contributed by atoms with Crippen LogP contribution in [0.4, 0.5) is 5.69 Å².